The summed E-state index contributed by atoms with van der Waals surface area (Å²) < 4.78 is 1.50. The van der Waals surface area contributed by atoms with E-state index >= 15 is 0 Å². The fourth-order valence-electron chi connectivity index (χ4n) is 3.36. The average Bonchev–Trinajstić information content (AvgIpc) is 3.05. The maximum atomic E-state index is 13.2. The molecule has 9 heteroatoms. The Kier molecular flexibility index (Phi) is 5.14. The van der Waals surface area contributed by atoms with E-state index in [0.29, 0.717) is 16.2 Å². The maximum Gasteiger partial charge on any atom is 0.270 e. The number of hydrogen-bond donors (Lipinski definition) is 2. The van der Waals surface area contributed by atoms with E-state index in [9.17, 15) is 19.7 Å². The third kappa shape index (κ3) is 3.72. The van der Waals surface area contributed by atoms with Crippen LogP contribution >= 0.6 is 11.6 Å². The number of nitrogen functional groups attached to an aromatic ring is 1. The van der Waals surface area contributed by atoms with Gasteiger partial charge in [0.15, 0.2) is 0 Å². The van der Waals surface area contributed by atoms with E-state index in [-0.39, 0.29) is 28.2 Å². The van der Waals surface area contributed by atoms with Gasteiger partial charge in [0.2, 0.25) is 5.78 Å². The summed E-state index contributed by atoms with van der Waals surface area (Å²) >= 11 is 5.98. The summed E-state index contributed by atoms with van der Waals surface area (Å²) in [5.74, 6) is -1.05. The summed E-state index contributed by atoms with van der Waals surface area (Å²) in [4.78, 5) is 36.8. The molecule has 2 aromatic heterocycles. The van der Waals surface area contributed by atoms with Gasteiger partial charge in [-0.2, -0.15) is 0 Å². The summed E-state index contributed by atoms with van der Waals surface area (Å²) in [6.07, 6.45) is 1.60. The number of pyridine rings is 1. The lowest BCUT2D eigenvalue weighted by Gasteiger charge is -2.06. The molecule has 154 valence electrons. The molecule has 2 aromatic carbocycles. The molecule has 0 spiro atoms. The minimum atomic E-state index is -0.583. The van der Waals surface area contributed by atoms with Crippen molar-refractivity contribution in [1.29, 1.82) is 0 Å². The van der Waals surface area contributed by atoms with Crippen LogP contribution in [0.2, 0.25) is 5.02 Å². The highest BCUT2D eigenvalue weighted by Gasteiger charge is 2.27. The van der Waals surface area contributed by atoms with E-state index in [1.807, 2.05) is 0 Å². The van der Waals surface area contributed by atoms with Gasteiger partial charge >= 0.3 is 0 Å². The van der Waals surface area contributed by atoms with Crippen LogP contribution < -0.4 is 11.1 Å². The average molecular weight is 435 g/mol. The first-order valence-electron chi connectivity index (χ1n) is 9.11. The number of fused-ring (bicyclic) bond motifs is 1. The number of ketones is 1. The van der Waals surface area contributed by atoms with Crippen LogP contribution in [0.5, 0.6) is 0 Å². The number of nitrogens with one attached hydrogen (secondary N) is 1. The fourth-order valence-corrected chi connectivity index (χ4v) is 3.55. The van der Waals surface area contributed by atoms with Gasteiger partial charge in [-0.05, 0) is 30.3 Å². The van der Waals surface area contributed by atoms with Crippen molar-refractivity contribution < 1.29 is 14.5 Å². The molecule has 3 N–H and O–H groups in total. The number of benzene rings is 2. The largest absolute Gasteiger partial charge is 0.396 e. The number of amides is 1. The van der Waals surface area contributed by atoms with Gasteiger partial charge in [-0.25, -0.2) is 0 Å². The summed E-state index contributed by atoms with van der Waals surface area (Å²) in [5, 5.41) is 14.3. The van der Waals surface area contributed by atoms with E-state index in [2.05, 4.69) is 5.32 Å². The second kappa shape index (κ2) is 7.92. The zero-order chi connectivity index (χ0) is 22.1. The Hall–Kier alpha value is -4.17. The Morgan fingerprint density at radius 2 is 1.81 bits per heavy atom. The second-order valence-corrected chi connectivity index (χ2v) is 7.13. The minimum Gasteiger partial charge on any atom is -0.396 e. The zero-order valence-electron chi connectivity index (χ0n) is 15.9. The maximum absolute atomic E-state index is 13.2. The number of carbonyl (C=O) groups is 2. The van der Waals surface area contributed by atoms with Crippen molar-refractivity contribution in [1.82, 2.24) is 4.40 Å². The molecule has 0 aliphatic carbocycles. The van der Waals surface area contributed by atoms with Gasteiger partial charge in [-0.1, -0.05) is 35.9 Å². The highest BCUT2D eigenvalue weighted by Crippen LogP contribution is 2.30. The first-order chi connectivity index (χ1) is 14.9. The highest BCUT2D eigenvalue weighted by atomic mass is 35.5. The number of nitrogens with two attached hydrogens (primary N) is 1. The molecule has 4 rings (SSSR count). The first-order valence-corrected chi connectivity index (χ1v) is 9.49. The Bertz CT molecular complexity index is 1360. The number of nitro benzene ring substituents is 1. The lowest BCUT2D eigenvalue weighted by Crippen LogP contribution is -2.14. The normalized spacial score (nSPS) is 10.7. The SMILES string of the molecule is Nc1c(C(=O)Nc2cccc(Cl)c2)c2ccccn2c1C(=O)c1cccc([N+](=O)[O-])c1. The minimum absolute atomic E-state index is 0.0257. The predicted octanol–water partition coefficient (Wildman–Crippen LogP) is 4.57. The monoisotopic (exact) mass is 434 g/mol. The van der Waals surface area contributed by atoms with Gasteiger partial charge in [0, 0.05) is 34.6 Å². The topological polar surface area (TPSA) is 120 Å². The van der Waals surface area contributed by atoms with Crippen LogP contribution in [-0.4, -0.2) is 21.0 Å². The zero-order valence-corrected chi connectivity index (χ0v) is 16.7. The van der Waals surface area contributed by atoms with Crippen LogP contribution in [0.25, 0.3) is 5.52 Å². The molecule has 0 saturated heterocycles. The van der Waals surface area contributed by atoms with Gasteiger partial charge < -0.3 is 15.5 Å². The Morgan fingerprint density at radius 3 is 2.55 bits per heavy atom. The highest BCUT2D eigenvalue weighted by molar-refractivity contribution is 6.31. The summed E-state index contributed by atoms with van der Waals surface area (Å²) in [6.45, 7) is 0. The van der Waals surface area contributed by atoms with E-state index in [1.165, 1.54) is 28.7 Å². The quantitative estimate of drug-likeness (QED) is 0.271. The van der Waals surface area contributed by atoms with Crippen LogP contribution in [0, 0.1) is 10.1 Å². The molecule has 0 bridgehead atoms. The number of aromatic nitrogens is 1. The molecule has 0 atom stereocenters. The van der Waals surface area contributed by atoms with Crippen LogP contribution in [-0.2, 0) is 0 Å². The third-order valence-corrected chi connectivity index (χ3v) is 4.96. The van der Waals surface area contributed by atoms with Crippen molar-refractivity contribution in [2.24, 2.45) is 0 Å². The molecule has 0 aliphatic heterocycles. The van der Waals surface area contributed by atoms with Crippen molar-refractivity contribution in [3.63, 3.8) is 0 Å². The van der Waals surface area contributed by atoms with E-state index in [1.54, 1.807) is 48.7 Å². The standard InChI is InChI=1S/C22H15ClN4O4/c23-14-6-4-7-15(12-14)25-22(29)18-17-9-1-2-10-26(17)20(19(18)24)21(28)13-5-3-8-16(11-13)27(30)31/h1-12H,24H2,(H,25,29). The van der Waals surface area contributed by atoms with E-state index in [0.717, 1.165) is 0 Å². The van der Waals surface area contributed by atoms with Crippen molar-refractivity contribution in [2.45, 2.75) is 0 Å². The van der Waals surface area contributed by atoms with Crippen LogP contribution in [0.1, 0.15) is 26.4 Å². The van der Waals surface area contributed by atoms with Crippen molar-refractivity contribution in [2.75, 3.05) is 11.1 Å². The number of anilines is 2. The first kappa shape index (κ1) is 20.1. The molecule has 1 amide bonds. The molecule has 31 heavy (non-hydrogen) atoms. The number of carbonyl (C=O) groups excluding carboxylic acids is 2. The second-order valence-electron chi connectivity index (χ2n) is 6.69. The number of halogens is 1. The Balaban J connectivity index is 1.82. The third-order valence-electron chi connectivity index (χ3n) is 4.73. The summed E-state index contributed by atoms with van der Waals surface area (Å²) in [6, 6.07) is 17.0. The number of nitro groups is 1. The smallest absolute Gasteiger partial charge is 0.270 e. The van der Waals surface area contributed by atoms with Gasteiger partial charge in [0.25, 0.3) is 11.6 Å². The lowest BCUT2D eigenvalue weighted by atomic mass is 10.1. The van der Waals surface area contributed by atoms with Crippen LogP contribution in [0.3, 0.4) is 0 Å². The summed E-state index contributed by atoms with van der Waals surface area (Å²) in [7, 11) is 0. The lowest BCUT2D eigenvalue weighted by molar-refractivity contribution is -0.384. The number of nitrogens with zero attached hydrogens (tertiary/aromatic N) is 2. The molecule has 0 unspecified atom stereocenters. The fraction of sp³-hybridized carbons (Fsp3) is 0. The molecule has 8 nitrogen and oxygen atoms in total. The number of non-ortho nitro benzene ring substituents is 1. The Labute approximate surface area is 181 Å². The summed E-state index contributed by atoms with van der Waals surface area (Å²) in [5.41, 5.74) is 7.18. The van der Waals surface area contributed by atoms with E-state index in [4.69, 9.17) is 17.3 Å². The van der Waals surface area contributed by atoms with Crippen molar-refractivity contribution in [3.8, 4) is 0 Å². The molecular weight excluding hydrogens is 420 g/mol. The molecule has 0 saturated carbocycles. The molecule has 2 heterocycles. The van der Waals surface area contributed by atoms with Crippen LogP contribution in [0.15, 0.2) is 72.9 Å². The van der Waals surface area contributed by atoms with Gasteiger partial charge in [0.05, 0.1) is 21.7 Å². The molecule has 0 fully saturated rings. The number of hydrogen-bond acceptors (Lipinski definition) is 5. The van der Waals surface area contributed by atoms with Crippen molar-refractivity contribution >= 4 is 45.9 Å². The molecule has 0 radical (unpaired) electrons. The van der Waals surface area contributed by atoms with Crippen LogP contribution in [0.4, 0.5) is 17.1 Å². The van der Waals surface area contributed by atoms with Gasteiger partial charge in [-0.3, -0.25) is 19.7 Å². The van der Waals surface area contributed by atoms with Crippen molar-refractivity contribution in [3.05, 3.63) is 105 Å². The molecule has 4 aromatic rings. The van der Waals surface area contributed by atoms with Gasteiger partial charge in [-0.15, -0.1) is 0 Å². The Morgan fingerprint density at radius 1 is 1.03 bits per heavy atom. The predicted molar refractivity (Wildman–Crippen MR) is 118 cm³/mol. The van der Waals surface area contributed by atoms with Gasteiger partial charge in [0.1, 0.15) is 5.69 Å². The number of rotatable bonds is 5. The van der Waals surface area contributed by atoms with E-state index < -0.39 is 16.6 Å². The molecule has 0 aliphatic rings. The molecular formula is C22H15ClN4O4.